The number of carbonyl (C=O) groups excluding carboxylic acids is 2. The number of ether oxygens (including phenoxy) is 3. The number of rotatable bonds is 3. The molecule has 0 spiro atoms. The molecule has 2 aliphatic heterocycles. The van der Waals surface area contributed by atoms with Gasteiger partial charge >= 0.3 is 157 Å². The number of halogens is 1. The number of carbonyl (C=O) groups is 2. The average molecular weight is 458 g/mol. The van der Waals surface area contributed by atoms with Crippen molar-refractivity contribution in [2.75, 3.05) is 11.5 Å². The van der Waals surface area contributed by atoms with Gasteiger partial charge in [-0.3, -0.25) is 0 Å². The van der Waals surface area contributed by atoms with Gasteiger partial charge in [-0.2, -0.15) is 0 Å². The van der Waals surface area contributed by atoms with Crippen LogP contribution in [-0.4, -0.2) is 44.1 Å². The molecule has 1 unspecified atom stereocenters. The van der Waals surface area contributed by atoms with Crippen LogP contribution in [-0.2, 0) is 25.6 Å². The van der Waals surface area contributed by atoms with E-state index in [1.807, 2.05) is 44.2 Å². The Balaban J connectivity index is 1.76. The molecule has 2 heterocycles. The van der Waals surface area contributed by atoms with Crippen molar-refractivity contribution >= 4 is 12.1 Å². The summed E-state index contributed by atoms with van der Waals surface area (Å²) in [4.78, 5) is 26.2. The molecular formula is C18H21INO5-. The molecule has 0 aliphatic carbocycles. The van der Waals surface area contributed by atoms with Crippen molar-refractivity contribution in [2.24, 2.45) is 0 Å². The molecule has 3 rings (SSSR count). The molecular weight excluding hydrogens is 437 g/mol. The molecule has 0 radical (unpaired) electrons. The summed E-state index contributed by atoms with van der Waals surface area (Å²) < 4.78 is 17.1. The van der Waals surface area contributed by atoms with Gasteiger partial charge in [-0.15, -0.1) is 0 Å². The molecule has 2 atom stereocenters. The zero-order valence-corrected chi connectivity index (χ0v) is 16.6. The van der Waals surface area contributed by atoms with E-state index in [-0.39, 0.29) is 37.3 Å². The fourth-order valence-electron chi connectivity index (χ4n) is 2.76. The first kappa shape index (κ1) is 18.0. The first-order chi connectivity index (χ1) is 11.9. The molecule has 1 fully saturated rings. The zero-order valence-electron chi connectivity index (χ0n) is 14.4. The second kappa shape index (κ2) is 7.23. The van der Waals surface area contributed by atoms with Gasteiger partial charge in [-0.05, 0) is 0 Å². The summed E-state index contributed by atoms with van der Waals surface area (Å²) in [6.45, 7) is 4.19. The van der Waals surface area contributed by atoms with Crippen molar-refractivity contribution in [3.8, 4) is 0 Å². The molecule has 1 saturated heterocycles. The summed E-state index contributed by atoms with van der Waals surface area (Å²) in [6.07, 6.45) is 1.05. The maximum absolute atomic E-state index is 12.6. The second-order valence-electron chi connectivity index (χ2n) is 6.50. The van der Waals surface area contributed by atoms with Crippen molar-refractivity contribution in [1.82, 2.24) is 4.90 Å². The number of alkyl halides is 2. The van der Waals surface area contributed by atoms with Gasteiger partial charge in [0.05, 0.1) is 0 Å². The Morgan fingerprint density at radius 2 is 2.04 bits per heavy atom. The fraction of sp³-hybridized carbons (Fsp3) is 0.444. The van der Waals surface area contributed by atoms with E-state index in [2.05, 4.69) is 0 Å². The number of hydrogen-bond acceptors (Lipinski definition) is 5. The Morgan fingerprint density at radius 1 is 1.32 bits per heavy atom. The monoisotopic (exact) mass is 458 g/mol. The number of methoxy groups -OCH3 is 1. The minimum absolute atomic E-state index is 0.0800. The number of amides is 1. The third kappa shape index (κ3) is 3.91. The van der Waals surface area contributed by atoms with E-state index in [1.165, 1.54) is 12.0 Å². The van der Waals surface area contributed by atoms with E-state index in [9.17, 15) is 9.59 Å². The van der Waals surface area contributed by atoms with Gasteiger partial charge in [0, 0.05) is 0 Å². The summed E-state index contributed by atoms with van der Waals surface area (Å²) >= 11 is -0.349. The minimum atomic E-state index is -0.688. The molecule has 2 aliphatic rings. The van der Waals surface area contributed by atoms with Gasteiger partial charge in [0.2, 0.25) is 0 Å². The summed E-state index contributed by atoms with van der Waals surface area (Å²) in [5.74, 6) is 0.257. The van der Waals surface area contributed by atoms with Crippen LogP contribution in [0.5, 0.6) is 0 Å². The van der Waals surface area contributed by atoms with Crippen molar-refractivity contribution in [3.05, 3.63) is 47.9 Å². The molecule has 7 heteroatoms. The van der Waals surface area contributed by atoms with Crippen molar-refractivity contribution in [1.29, 1.82) is 0 Å². The van der Waals surface area contributed by atoms with Gasteiger partial charge in [0.1, 0.15) is 0 Å². The SMILES string of the molecule is COC(=O)[C@@H]1C2[I-]CC(C)(C)OC2=CN1C(=O)OCc1ccccc1. The van der Waals surface area contributed by atoms with E-state index in [0.717, 1.165) is 9.99 Å². The van der Waals surface area contributed by atoms with Crippen LogP contribution in [0, 0.1) is 0 Å². The molecule has 25 heavy (non-hydrogen) atoms. The van der Waals surface area contributed by atoms with E-state index in [4.69, 9.17) is 14.2 Å². The average Bonchev–Trinajstić information content (AvgIpc) is 2.97. The Kier molecular flexibility index (Phi) is 5.21. The van der Waals surface area contributed by atoms with Gasteiger partial charge < -0.3 is 0 Å². The van der Waals surface area contributed by atoms with E-state index < -0.39 is 18.1 Å². The predicted molar refractivity (Wildman–Crippen MR) is 86.2 cm³/mol. The third-order valence-corrected chi connectivity index (χ3v) is 8.45. The summed E-state index contributed by atoms with van der Waals surface area (Å²) in [6, 6.07) is 8.73. The number of fused-ring (bicyclic) bond motifs is 1. The first-order valence-corrected chi connectivity index (χ1v) is 10.7. The van der Waals surface area contributed by atoms with Gasteiger partial charge in [-0.1, -0.05) is 0 Å². The molecule has 0 N–H and O–H groups in total. The molecule has 136 valence electrons. The number of esters is 1. The standard InChI is InChI=1S/C18H21INO5/c1-18(2)11-19-14-13(25-18)9-20(15(14)16(21)23-3)17(22)24-10-12-7-5-4-6-8-12/h4-9,14-15H,10-11H2,1-3H3/q-1/t14?,15-/m0/s1. The van der Waals surface area contributed by atoms with E-state index >= 15 is 0 Å². The van der Waals surface area contributed by atoms with Crippen LogP contribution in [0.25, 0.3) is 0 Å². The van der Waals surface area contributed by atoms with Crippen LogP contribution in [0.15, 0.2) is 42.3 Å². The maximum atomic E-state index is 12.6. The molecule has 6 nitrogen and oxygen atoms in total. The van der Waals surface area contributed by atoms with Gasteiger partial charge in [-0.25, -0.2) is 0 Å². The first-order valence-electron chi connectivity index (χ1n) is 7.96. The molecule has 0 saturated carbocycles. The summed E-state index contributed by atoms with van der Waals surface area (Å²) in [7, 11) is 1.33. The summed E-state index contributed by atoms with van der Waals surface area (Å²) in [5, 5.41) is 0. The molecule has 0 aromatic heterocycles. The van der Waals surface area contributed by atoms with Crippen molar-refractivity contribution < 1.29 is 45.0 Å². The zero-order chi connectivity index (χ0) is 18.0. The molecule has 1 amide bonds. The number of hydrogen-bond donors (Lipinski definition) is 0. The molecule has 0 bridgehead atoms. The summed E-state index contributed by atoms with van der Waals surface area (Å²) in [5.41, 5.74) is 0.625. The third-order valence-electron chi connectivity index (χ3n) is 3.93. The number of nitrogens with zero attached hydrogens (tertiary/aromatic N) is 1. The Bertz CT molecular complexity index is 688. The van der Waals surface area contributed by atoms with Crippen LogP contribution >= 0.6 is 0 Å². The van der Waals surface area contributed by atoms with Crippen LogP contribution in [0.1, 0.15) is 19.4 Å². The number of benzene rings is 1. The molecule has 1 aromatic carbocycles. The topological polar surface area (TPSA) is 65.1 Å². The van der Waals surface area contributed by atoms with Crippen LogP contribution < -0.4 is 21.2 Å². The van der Waals surface area contributed by atoms with Crippen molar-refractivity contribution in [3.63, 3.8) is 0 Å². The van der Waals surface area contributed by atoms with Gasteiger partial charge in [0.25, 0.3) is 0 Å². The normalized spacial score (nSPS) is 24.3. The Morgan fingerprint density at radius 3 is 2.72 bits per heavy atom. The van der Waals surface area contributed by atoms with E-state index in [0.29, 0.717) is 5.76 Å². The Labute approximate surface area is 157 Å². The van der Waals surface area contributed by atoms with Crippen LogP contribution in [0.4, 0.5) is 4.79 Å². The Hall–Kier alpha value is -1.77. The van der Waals surface area contributed by atoms with Crippen molar-refractivity contribution in [2.45, 2.75) is 36.0 Å². The fourth-order valence-corrected chi connectivity index (χ4v) is 6.29. The quantitative estimate of drug-likeness (QED) is 0.340. The van der Waals surface area contributed by atoms with E-state index in [1.54, 1.807) is 6.20 Å². The van der Waals surface area contributed by atoms with Gasteiger partial charge in [0.15, 0.2) is 0 Å². The van der Waals surface area contributed by atoms with Crippen LogP contribution in [0.2, 0.25) is 0 Å². The van der Waals surface area contributed by atoms with Crippen LogP contribution in [0.3, 0.4) is 0 Å². The second-order valence-corrected chi connectivity index (χ2v) is 9.48. The predicted octanol–water partition coefficient (Wildman–Crippen LogP) is -0.712. The molecule has 1 aromatic rings.